The van der Waals surface area contributed by atoms with Crippen molar-refractivity contribution in [2.75, 3.05) is 20.2 Å². The fourth-order valence-corrected chi connectivity index (χ4v) is 4.00. The molecule has 5 heteroatoms. The zero-order chi connectivity index (χ0) is 19.8. The van der Waals surface area contributed by atoms with Gasteiger partial charge in [-0.1, -0.05) is 48.5 Å². The Morgan fingerprint density at radius 2 is 1.90 bits per heavy atom. The summed E-state index contributed by atoms with van der Waals surface area (Å²) < 4.78 is 5.51. The van der Waals surface area contributed by atoms with Gasteiger partial charge in [-0.05, 0) is 62.4 Å². The molecule has 4 nitrogen and oxygen atoms in total. The van der Waals surface area contributed by atoms with Crippen molar-refractivity contribution in [2.45, 2.75) is 45.2 Å². The zero-order valence-corrected chi connectivity index (χ0v) is 18.3. The lowest BCUT2D eigenvalue weighted by atomic mass is 10.00. The maximum Gasteiger partial charge on any atom is 0.223 e. The lowest BCUT2D eigenvalue weighted by Gasteiger charge is -2.30. The Labute approximate surface area is 181 Å². The van der Waals surface area contributed by atoms with Crippen LogP contribution in [0.4, 0.5) is 0 Å². The third kappa shape index (κ3) is 6.76. The number of para-hydroxylation sites is 1. The van der Waals surface area contributed by atoms with Crippen molar-refractivity contribution < 1.29 is 9.53 Å². The van der Waals surface area contributed by atoms with Gasteiger partial charge in [0, 0.05) is 19.0 Å². The summed E-state index contributed by atoms with van der Waals surface area (Å²) in [5.74, 6) is 1.77. The molecule has 158 valence electrons. The standard InChI is InChI=1S/C24H32N2O2.ClH/c1-19(16-22-10-6-7-11-23(22)28-2)26(18-21-8-4-3-5-9-21)24(27)13-12-20-14-15-25-17-20;/h3-11,19-20,25H,12-18H2,1-2H3;1H. The number of nitrogens with zero attached hydrogens (tertiary/aromatic N) is 1. The third-order valence-corrected chi connectivity index (χ3v) is 5.68. The van der Waals surface area contributed by atoms with Crippen molar-refractivity contribution in [3.05, 3.63) is 65.7 Å². The van der Waals surface area contributed by atoms with Crippen LogP contribution in [-0.2, 0) is 17.8 Å². The van der Waals surface area contributed by atoms with Crippen molar-refractivity contribution >= 4 is 18.3 Å². The van der Waals surface area contributed by atoms with Crippen LogP contribution in [0.1, 0.15) is 37.3 Å². The summed E-state index contributed by atoms with van der Waals surface area (Å²) in [5, 5.41) is 3.39. The molecular formula is C24H33ClN2O2. The maximum atomic E-state index is 13.2. The van der Waals surface area contributed by atoms with E-state index in [0.717, 1.165) is 37.2 Å². The largest absolute Gasteiger partial charge is 0.496 e. The van der Waals surface area contributed by atoms with Gasteiger partial charge in [-0.3, -0.25) is 4.79 Å². The van der Waals surface area contributed by atoms with Crippen LogP contribution < -0.4 is 10.1 Å². The summed E-state index contributed by atoms with van der Waals surface area (Å²) in [7, 11) is 1.70. The smallest absolute Gasteiger partial charge is 0.223 e. The molecule has 1 aliphatic rings. The molecule has 0 aromatic heterocycles. The predicted octanol–water partition coefficient (Wildman–Crippen LogP) is 4.47. The molecule has 1 aliphatic heterocycles. The van der Waals surface area contributed by atoms with Crippen LogP contribution in [0.3, 0.4) is 0 Å². The number of hydrogen-bond acceptors (Lipinski definition) is 3. The summed E-state index contributed by atoms with van der Waals surface area (Å²) in [4.78, 5) is 15.2. The average molecular weight is 417 g/mol. The first-order valence-electron chi connectivity index (χ1n) is 10.3. The molecule has 0 aliphatic carbocycles. The fraction of sp³-hybridized carbons (Fsp3) is 0.458. The predicted molar refractivity (Wildman–Crippen MR) is 121 cm³/mol. The van der Waals surface area contributed by atoms with Gasteiger partial charge in [0.2, 0.25) is 5.91 Å². The highest BCUT2D eigenvalue weighted by Crippen LogP contribution is 2.23. The van der Waals surface area contributed by atoms with Crippen molar-refractivity contribution in [1.29, 1.82) is 0 Å². The van der Waals surface area contributed by atoms with Gasteiger partial charge in [0.1, 0.15) is 5.75 Å². The molecule has 0 bridgehead atoms. The molecule has 0 spiro atoms. The topological polar surface area (TPSA) is 41.6 Å². The fourth-order valence-electron chi connectivity index (χ4n) is 4.00. The van der Waals surface area contributed by atoms with E-state index in [1.165, 1.54) is 12.0 Å². The number of rotatable bonds is 9. The van der Waals surface area contributed by atoms with Crippen molar-refractivity contribution in [1.82, 2.24) is 10.2 Å². The number of carbonyl (C=O) groups is 1. The van der Waals surface area contributed by atoms with Crippen LogP contribution in [0.25, 0.3) is 0 Å². The highest BCUT2D eigenvalue weighted by molar-refractivity contribution is 5.85. The number of hydrogen-bond donors (Lipinski definition) is 1. The molecule has 2 aromatic carbocycles. The van der Waals surface area contributed by atoms with E-state index >= 15 is 0 Å². The van der Waals surface area contributed by atoms with E-state index in [2.05, 4.69) is 30.4 Å². The number of methoxy groups -OCH3 is 1. The van der Waals surface area contributed by atoms with Crippen LogP contribution in [0.2, 0.25) is 0 Å². The van der Waals surface area contributed by atoms with E-state index in [4.69, 9.17) is 4.74 Å². The van der Waals surface area contributed by atoms with Gasteiger partial charge in [0.25, 0.3) is 0 Å². The Bertz CT molecular complexity index is 748. The first kappa shape index (κ1) is 23.2. The van der Waals surface area contributed by atoms with Gasteiger partial charge < -0.3 is 15.0 Å². The molecule has 2 atom stereocenters. The highest BCUT2D eigenvalue weighted by atomic mass is 35.5. The highest BCUT2D eigenvalue weighted by Gasteiger charge is 2.23. The maximum absolute atomic E-state index is 13.2. The second kappa shape index (κ2) is 11.8. The Hall–Kier alpha value is -2.04. The molecule has 1 fully saturated rings. The van der Waals surface area contributed by atoms with Crippen LogP contribution in [0, 0.1) is 5.92 Å². The first-order valence-corrected chi connectivity index (χ1v) is 10.3. The number of halogens is 1. The molecular weight excluding hydrogens is 384 g/mol. The third-order valence-electron chi connectivity index (χ3n) is 5.68. The molecule has 1 N–H and O–H groups in total. The molecule has 1 heterocycles. The zero-order valence-electron chi connectivity index (χ0n) is 17.5. The second-order valence-electron chi connectivity index (χ2n) is 7.77. The Morgan fingerprint density at radius 1 is 1.17 bits per heavy atom. The van der Waals surface area contributed by atoms with E-state index in [9.17, 15) is 4.79 Å². The average Bonchev–Trinajstić information content (AvgIpc) is 3.25. The summed E-state index contributed by atoms with van der Waals surface area (Å²) in [6.45, 7) is 4.92. The van der Waals surface area contributed by atoms with Gasteiger partial charge in [-0.15, -0.1) is 12.4 Å². The van der Waals surface area contributed by atoms with E-state index < -0.39 is 0 Å². The van der Waals surface area contributed by atoms with Gasteiger partial charge in [-0.25, -0.2) is 0 Å². The second-order valence-corrected chi connectivity index (χ2v) is 7.77. The van der Waals surface area contributed by atoms with Crippen molar-refractivity contribution in [3.8, 4) is 5.75 Å². The molecule has 1 amide bonds. The van der Waals surface area contributed by atoms with Crippen LogP contribution in [0.5, 0.6) is 5.75 Å². The molecule has 3 rings (SSSR count). The normalized spacial score (nSPS) is 16.7. The number of ether oxygens (including phenoxy) is 1. The summed E-state index contributed by atoms with van der Waals surface area (Å²) in [6, 6.07) is 18.5. The summed E-state index contributed by atoms with van der Waals surface area (Å²) >= 11 is 0. The van der Waals surface area contributed by atoms with E-state index in [-0.39, 0.29) is 24.4 Å². The molecule has 2 aromatic rings. The molecule has 1 saturated heterocycles. The molecule has 2 unspecified atom stereocenters. The van der Waals surface area contributed by atoms with Gasteiger partial charge >= 0.3 is 0 Å². The number of benzene rings is 2. The summed E-state index contributed by atoms with van der Waals surface area (Å²) in [6.07, 6.45) is 3.56. The van der Waals surface area contributed by atoms with Crippen molar-refractivity contribution in [3.63, 3.8) is 0 Å². The first-order chi connectivity index (χ1) is 13.7. The van der Waals surface area contributed by atoms with Crippen molar-refractivity contribution in [2.24, 2.45) is 5.92 Å². The Kier molecular flexibility index (Phi) is 9.49. The number of amides is 1. The van der Waals surface area contributed by atoms with Gasteiger partial charge in [-0.2, -0.15) is 0 Å². The van der Waals surface area contributed by atoms with Crippen LogP contribution in [0.15, 0.2) is 54.6 Å². The minimum absolute atomic E-state index is 0. The van der Waals surface area contributed by atoms with Crippen LogP contribution >= 0.6 is 12.4 Å². The van der Waals surface area contributed by atoms with Gasteiger partial charge in [0.05, 0.1) is 7.11 Å². The SMILES string of the molecule is COc1ccccc1CC(C)N(Cc1ccccc1)C(=O)CCC1CCNC1.Cl. The molecule has 29 heavy (non-hydrogen) atoms. The van der Waals surface area contributed by atoms with E-state index in [0.29, 0.717) is 18.9 Å². The van der Waals surface area contributed by atoms with Gasteiger partial charge in [0.15, 0.2) is 0 Å². The minimum atomic E-state index is 0. The lowest BCUT2D eigenvalue weighted by molar-refractivity contribution is -0.134. The lowest BCUT2D eigenvalue weighted by Crippen LogP contribution is -2.39. The minimum Gasteiger partial charge on any atom is -0.496 e. The summed E-state index contributed by atoms with van der Waals surface area (Å²) in [5.41, 5.74) is 2.31. The van der Waals surface area contributed by atoms with E-state index in [1.54, 1.807) is 7.11 Å². The Morgan fingerprint density at radius 3 is 2.59 bits per heavy atom. The number of nitrogens with one attached hydrogen (secondary N) is 1. The quantitative estimate of drug-likeness (QED) is 0.655. The molecule has 0 radical (unpaired) electrons. The van der Waals surface area contributed by atoms with E-state index in [1.807, 2.05) is 41.3 Å². The Balaban J connectivity index is 0.00000300. The molecule has 0 saturated carbocycles. The van der Waals surface area contributed by atoms with Crippen LogP contribution in [-0.4, -0.2) is 37.0 Å². The number of carbonyl (C=O) groups excluding carboxylic acids is 1. The monoisotopic (exact) mass is 416 g/mol.